The predicted octanol–water partition coefficient (Wildman–Crippen LogP) is 6.80. The number of aliphatic hydroxyl groups is 1. The second-order valence-corrected chi connectivity index (χ2v) is 10.4. The molecule has 1 N–H and O–H groups in total. The van der Waals surface area contributed by atoms with Crippen LogP contribution in [0.2, 0.25) is 5.02 Å². The van der Waals surface area contributed by atoms with Crippen LogP contribution in [0.3, 0.4) is 0 Å². The van der Waals surface area contributed by atoms with E-state index >= 15 is 0 Å². The first-order valence-electron chi connectivity index (χ1n) is 12.1. The fraction of sp³-hybridized carbons (Fsp3) is 0.267. The Labute approximate surface area is 221 Å². The summed E-state index contributed by atoms with van der Waals surface area (Å²) in [5.41, 5.74) is 2.61. The number of hydrogen-bond donors (Lipinski definition) is 1. The molecule has 1 unspecified atom stereocenters. The molecule has 0 radical (unpaired) electrons. The van der Waals surface area contributed by atoms with Crippen molar-refractivity contribution in [2.75, 3.05) is 6.61 Å². The summed E-state index contributed by atoms with van der Waals surface area (Å²) < 4.78 is 19.0. The number of halogens is 2. The van der Waals surface area contributed by atoms with Crippen molar-refractivity contribution in [2.24, 2.45) is 0 Å². The van der Waals surface area contributed by atoms with Gasteiger partial charge in [0.2, 0.25) is 0 Å². The first-order chi connectivity index (χ1) is 17.5. The molecule has 4 rings (SSSR count). The van der Waals surface area contributed by atoms with Crippen LogP contribution < -0.4 is 4.74 Å². The van der Waals surface area contributed by atoms with Gasteiger partial charge in [-0.15, -0.1) is 0 Å². The highest BCUT2D eigenvalue weighted by molar-refractivity contribution is 6.46. The zero-order valence-corrected chi connectivity index (χ0v) is 22.0. The first-order valence-corrected chi connectivity index (χ1v) is 12.4. The third kappa shape index (κ3) is 5.39. The number of aliphatic hydroxyl groups excluding tert-OH is 1. The van der Waals surface area contributed by atoms with Crippen LogP contribution in [0.4, 0.5) is 4.39 Å². The maximum Gasteiger partial charge on any atom is 0.295 e. The largest absolute Gasteiger partial charge is 0.507 e. The molecule has 0 bridgehead atoms. The van der Waals surface area contributed by atoms with E-state index in [9.17, 15) is 19.1 Å². The summed E-state index contributed by atoms with van der Waals surface area (Å²) in [5.74, 6) is -1.89. The fourth-order valence-corrected chi connectivity index (χ4v) is 4.59. The summed E-state index contributed by atoms with van der Waals surface area (Å²) in [5, 5.41) is 11.7. The number of likely N-dealkylation sites (tertiary alicyclic amines) is 1. The van der Waals surface area contributed by atoms with E-state index < -0.39 is 23.5 Å². The highest BCUT2D eigenvalue weighted by atomic mass is 35.5. The van der Waals surface area contributed by atoms with E-state index in [4.69, 9.17) is 16.3 Å². The number of carbonyl (C=O) groups excluding carboxylic acids is 2. The van der Waals surface area contributed by atoms with E-state index in [1.807, 2.05) is 31.2 Å². The predicted molar refractivity (Wildman–Crippen MR) is 142 cm³/mol. The zero-order chi connectivity index (χ0) is 26.9. The van der Waals surface area contributed by atoms with Gasteiger partial charge in [0.25, 0.3) is 11.7 Å². The van der Waals surface area contributed by atoms with Crippen molar-refractivity contribution in [3.63, 3.8) is 0 Å². The van der Waals surface area contributed by atoms with E-state index in [1.165, 1.54) is 17.0 Å². The van der Waals surface area contributed by atoms with Gasteiger partial charge < -0.3 is 14.7 Å². The summed E-state index contributed by atoms with van der Waals surface area (Å²) in [4.78, 5) is 28.0. The molecule has 1 saturated heterocycles. The third-order valence-corrected chi connectivity index (χ3v) is 6.72. The number of rotatable bonds is 6. The molecule has 37 heavy (non-hydrogen) atoms. The Hall–Kier alpha value is -3.64. The summed E-state index contributed by atoms with van der Waals surface area (Å²) in [7, 11) is 0. The number of benzene rings is 3. The number of ketones is 1. The maximum atomic E-state index is 13.5. The molecular formula is C30H29ClFNO4. The van der Waals surface area contributed by atoms with Crippen molar-refractivity contribution in [2.45, 2.75) is 45.7 Å². The van der Waals surface area contributed by atoms with Crippen LogP contribution in [0.5, 0.6) is 5.75 Å². The number of Topliss-reactive ketones (excluding diaryl/α,β-unsaturated/α-hetero) is 1. The van der Waals surface area contributed by atoms with Crippen molar-refractivity contribution in [1.29, 1.82) is 0 Å². The lowest BCUT2D eigenvalue weighted by atomic mass is 9.85. The van der Waals surface area contributed by atoms with E-state index in [0.717, 1.165) is 5.56 Å². The molecule has 1 atom stereocenters. The van der Waals surface area contributed by atoms with Gasteiger partial charge in [0.15, 0.2) is 0 Å². The maximum absolute atomic E-state index is 13.5. The second-order valence-electron chi connectivity index (χ2n) is 10.0. The Morgan fingerprint density at radius 3 is 2.27 bits per heavy atom. The summed E-state index contributed by atoms with van der Waals surface area (Å²) in [6.45, 7) is 8.53. The van der Waals surface area contributed by atoms with Gasteiger partial charge in [0, 0.05) is 12.1 Å². The molecule has 0 aromatic heterocycles. The first kappa shape index (κ1) is 26.4. The van der Waals surface area contributed by atoms with E-state index in [-0.39, 0.29) is 23.3 Å². The van der Waals surface area contributed by atoms with Gasteiger partial charge in [-0.05, 0) is 59.4 Å². The Morgan fingerprint density at radius 1 is 1.03 bits per heavy atom. The molecular weight excluding hydrogens is 493 g/mol. The molecule has 1 heterocycles. The lowest BCUT2D eigenvalue weighted by molar-refractivity contribution is -0.140. The molecule has 1 amide bonds. The lowest BCUT2D eigenvalue weighted by Gasteiger charge is -2.26. The number of carbonyl (C=O) groups is 2. The Kier molecular flexibility index (Phi) is 7.42. The molecule has 1 aliphatic heterocycles. The summed E-state index contributed by atoms with van der Waals surface area (Å²) in [6.07, 6.45) is 0. The van der Waals surface area contributed by atoms with Gasteiger partial charge in [0.1, 0.15) is 17.3 Å². The molecule has 0 aliphatic carbocycles. The van der Waals surface area contributed by atoms with Crippen molar-refractivity contribution in [3.8, 4) is 5.75 Å². The number of ether oxygens (including phenoxy) is 1. The van der Waals surface area contributed by atoms with Crippen LogP contribution >= 0.6 is 11.6 Å². The van der Waals surface area contributed by atoms with E-state index in [0.29, 0.717) is 34.1 Å². The minimum Gasteiger partial charge on any atom is -0.507 e. The third-order valence-electron chi connectivity index (χ3n) is 6.40. The number of amides is 1. The van der Waals surface area contributed by atoms with Gasteiger partial charge in [-0.2, -0.15) is 0 Å². The smallest absolute Gasteiger partial charge is 0.295 e. The Bertz CT molecular complexity index is 1360. The van der Waals surface area contributed by atoms with Crippen LogP contribution in [0.25, 0.3) is 5.76 Å². The van der Waals surface area contributed by atoms with Gasteiger partial charge in [-0.1, -0.05) is 68.8 Å². The molecule has 0 saturated carbocycles. The summed E-state index contributed by atoms with van der Waals surface area (Å²) in [6, 6.07) is 17.3. The van der Waals surface area contributed by atoms with Gasteiger partial charge >= 0.3 is 0 Å². The molecule has 192 valence electrons. The van der Waals surface area contributed by atoms with Gasteiger partial charge in [-0.25, -0.2) is 4.39 Å². The molecule has 7 heteroatoms. The van der Waals surface area contributed by atoms with E-state index in [2.05, 4.69) is 20.8 Å². The average molecular weight is 522 g/mol. The van der Waals surface area contributed by atoms with Crippen LogP contribution in [-0.4, -0.2) is 28.3 Å². The van der Waals surface area contributed by atoms with Crippen molar-refractivity contribution in [3.05, 3.63) is 105 Å². The van der Waals surface area contributed by atoms with Crippen LogP contribution in [0.15, 0.2) is 72.3 Å². The minimum absolute atomic E-state index is 0.0274. The summed E-state index contributed by atoms with van der Waals surface area (Å²) >= 11 is 6.21. The SMILES string of the molecule is CCOc1cc(/C(O)=C2/C(=O)C(=O)N(Cc3ccc(F)cc3)C2c2ccc(C(C)(C)C)cc2)ccc1Cl. The van der Waals surface area contributed by atoms with Gasteiger partial charge in [0.05, 0.1) is 23.2 Å². The molecule has 3 aromatic carbocycles. The van der Waals surface area contributed by atoms with E-state index in [1.54, 1.807) is 30.3 Å². The molecule has 5 nitrogen and oxygen atoms in total. The fourth-order valence-electron chi connectivity index (χ4n) is 4.41. The Balaban J connectivity index is 1.86. The normalized spacial score (nSPS) is 17.4. The standard InChI is InChI=1S/C30H29ClFNO4/c1-5-37-24-16-20(10-15-23(24)31)27(34)25-26(19-8-11-21(12-9-19)30(2,3)4)33(29(36)28(25)35)17-18-6-13-22(32)14-7-18/h6-16,26,34H,5,17H2,1-4H3/b27-25-. The topological polar surface area (TPSA) is 66.8 Å². The van der Waals surface area contributed by atoms with Gasteiger partial charge in [-0.3, -0.25) is 9.59 Å². The van der Waals surface area contributed by atoms with Crippen molar-refractivity contribution < 1.29 is 23.8 Å². The highest BCUT2D eigenvalue weighted by Gasteiger charge is 2.46. The number of nitrogens with zero attached hydrogens (tertiary/aromatic N) is 1. The minimum atomic E-state index is -0.842. The molecule has 1 fully saturated rings. The quantitative estimate of drug-likeness (QED) is 0.220. The Morgan fingerprint density at radius 2 is 1.68 bits per heavy atom. The van der Waals surface area contributed by atoms with Crippen LogP contribution in [0, 0.1) is 5.82 Å². The molecule has 0 spiro atoms. The van der Waals surface area contributed by atoms with Crippen LogP contribution in [-0.2, 0) is 21.5 Å². The lowest BCUT2D eigenvalue weighted by Crippen LogP contribution is -2.29. The zero-order valence-electron chi connectivity index (χ0n) is 21.2. The highest BCUT2D eigenvalue weighted by Crippen LogP contribution is 2.41. The second kappa shape index (κ2) is 10.4. The molecule has 3 aromatic rings. The van der Waals surface area contributed by atoms with Crippen molar-refractivity contribution in [1.82, 2.24) is 4.90 Å². The van der Waals surface area contributed by atoms with Crippen molar-refractivity contribution >= 4 is 29.1 Å². The monoisotopic (exact) mass is 521 g/mol. The van der Waals surface area contributed by atoms with Crippen LogP contribution in [0.1, 0.15) is 56.0 Å². The molecule has 1 aliphatic rings. The number of hydrogen-bond acceptors (Lipinski definition) is 4. The average Bonchev–Trinajstić information content (AvgIpc) is 3.11.